The Bertz CT molecular complexity index is 441. The van der Waals surface area contributed by atoms with E-state index in [-0.39, 0.29) is 11.5 Å². The minimum absolute atomic E-state index is 0.151. The number of halogens is 2. The molecule has 1 atom stereocenters. The Morgan fingerprint density at radius 1 is 1.42 bits per heavy atom. The Labute approximate surface area is 109 Å². The van der Waals surface area contributed by atoms with Gasteiger partial charge in [0.15, 0.2) is 11.5 Å². The second kappa shape index (κ2) is 6.89. The van der Waals surface area contributed by atoms with E-state index in [1.165, 1.54) is 25.3 Å². The van der Waals surface area contributed by atoms with Crippen molar-refractivity contribution in [1.82, 2.24) is 0 Å². The van der Waals surface area contributed by atoms with Gasteiger partial charge in [-0.15, -0.1) is 0 Å². The molecule has 3 N–H and O–H groups in total. The van der Waals surface area contributed by atoms with Gasteiger partial charge in [-0.2, -0.15) is 8.78 Å². The van der Waals surface area contributed by atoms with Crippen molar-refractivity contribution in [3.05, 3.63) is 18.2 Å². The van der Waals surface area contributed by atoms with Crippen molar-refractivity contribution in [2.24, 2.45) is 5.73 Å². The molecule has 106 valence electrons. The quantitative estimate of drug-likeness (QED) is 0.831. The highest BCUT2D eigenvalue weighted by molar-refractivity contribution is 5.94. The molecule has 5 nitrogen and oxygen atoms in total. The lowest BCUT2D eigenvalue weighted by molar-refractivity contribution is -0.117. The monoisotopic (exact) mass is 274 g/mol. The number of rotatable bonds is 6. The van der Waals surface area contributed by atoms with E-state index in [0.717, 1.165) is 0 Å². The number of benzene rings is 1. The van der Waals surface area contributed by atoms with Crippen molar-refractivity contribution in [2.45, 2.75) is 26.0 Å². The third kappa shape index (κ3) is 4.36. The van der Waals surface area contributed by atoms with Crippen LogP contribution in [0.25, 0.3) is 0 Å². The summed E-state index contributed by atoms with van der Waals surface area (Å²) in [5.41, 5.74) is 5.86. The maximum Gasteiger partial charge on any atom is 0.387 e. The van der Waals surface area contributed by atoms with E-state index < -0.39 is 18.6 Å². The van der Waals surface area contributed by atoms with Gasteiger partial charge in [0.2, 0.25) is 5.91 Å². The van der Waals surface area contributed by atoms with E-state index in [0.29, 0.717) is 12.1 Å². The molecule has 0 aliphatic heterocycles. The van der Waals surface area contributed by atoms with E-state index in [2.05, 4.69) is 10.1 Å². The van der Waals surface area contributed by atoms with Gasteiger partial charge in [0.25, 0.3) is 0 Å². The summed E-state index contributed by atoms with van der Waals surface area (Å²) in [5.74, 6) is -0.394. The van der Waals surface area contributed by atoms with Crippen molar-refractivity contribution < 1.29 is 23.0 Å². The Kier molecular flexibility index (Phi) is 5.50. The lowest BCUT2D eigenvalue weighted by Gasteiger charge is -2.13. The lowest BCUT2D eigenvalue weighted by Crippen LogP contribution is -2.34. The van der Waals surface area contributed by atoms with Gasteiger partial charge in [0.1, 0.15) is 0 Å². The van der Waals surface area contributed by atoms with Gasteiger partial charge < -0.3 is 20.5 Å². The van der Waals surface area contributed by atoms with Crippen molar-refractivity contribution in [3.8, 4) is 11.5 Å². The Morgan fingerprint density at radius 2 is 2.11 bits per heavy atom. The van der Waals surface area contributed by atoms with Crippen LogP contribution >= 0.6 is 0 Å². The maximum absolute atomic E-state index is 12.2. The van der Waals surface area contributed by atoms with Gasteiger partial charge in [0.05, 0.1) is 13.2 Å². The zero-order valence-electron chi connectivity index (χ0n) is 10.7. The normalized spacial score (nSPS) is 12.1. The summed E-state index contributed by atoms with van der Waals surface area (Å²) in [6, 6.07) is 3.54. The van der Waals surface area contributed by atoms with Crippen LogP contribution in [-0.2, 0) is 4.79 Å². The number of carbonyl (C=O) groups is 1. The highest BCUT2D eigenvalue weighted by atomic mass is 19.3. The molecular weight excluding hydrogens is 258 g/mol. The average molecular weight is 274 g/mol. The zero-order valence-corrected chi connectivity index (χ0v) is 10.7. The Morgan fingerprint density at radius 3 is 2.63 bits per heavy atom. The molecule has 0 aliphatic carbocycles. The van der Waals surface area contributed by atoms with Gasteiger partial charge in [-0.3, -0.25) is 4.79 Å². The molecule has 0 radical (unpaired) electrons. The minimum atomic E-state index is -2.97. The van der Waals surface area contributed by atoms with E-state index in [1.54, 1.807) is 6.92 Å². The number of alkyl halides is 2. The van der Waals surface area contributed by atoms with Crippen LogP contribution in [0.15, 0.2) is 18.2 Å². The molecular formula is C12H16F2N2O3. The topological polar surface area (TPSA) is 73.6 Å². The first-order valence-corrected chi connectivity index (χ1v) is 5.67. The van der Waals surface area contributed by atoms with Gasteiger partial charge >= 0.3 is 6.61 Å². The summed E-state index contributed by atoms with van der Waals surface area (Å²) in [4.78, 5) is 11.6. The average Bonchev–Trinajstić information content (AvgIpc) is 2.37. The van der Waals surface area contributed by atoms with Crippen LogP contribution in [0.4, 0.5) is 14.5 Å². The molecule has 1 aromatic rings. The maximum atomic E-state index is 12.2. The van der Waals surface area contributed by atoms with Crippen LogP contribution in [0.1, 0.15) is 13.3 Å². The molecule has 7 heteroatoms. The number of hydrogen-bond acceptors (Lipinski definition) is 4. The first kappa shape index (κ1) is 15.2. The molecule has 1 rings (SSSR count). The number of anilines is 1. The van der Waals surface area contributed by atoms with E-state index in [1.807, 2.05) is 0 Å². The molecule has 1 unspecified atom stereocenters. The molecule has 0 saturated carbocycles. The molecule has 0 fully saturated rings. The fraction of sp³-hybridized carbons (Fsp3) is 0.417. The molecule has 1 aromatic carbocycles. The van der Waals surface area contributed by atoms with Gasteiger partial charge in [-0.1, -0.05) is 6.92 Å². The van der Waals surface area contributed by atoms with Crippen LogP contribution in [0.5, 0.6) is 11.5 Å². The number of carbonyl (C=O) groups excluding carboxylic acids is 1. The third-order valence-corrected chi connectivity index (χ3v) is 2.42. The second-order valence-electron chi connectivity index (χ2n) is 3.75. The number of methoxy groups -OCH3 is 1. The van der Waals surface area contributed by atoms with Gasteiger partial charge in [-0.25, -0.2) is 0 Å². The molecule has 1 amide bonds. The van der Waals surface area contributed by atoms with Crippen molar-refractivity contribution in [1.29, 1.82) is 0 Å². The number of amides is 1. The van der Waals surface area contributed by atoms with E-state index in [9.17, 15) is 13.6 Å². The molecule has 19 heavy (non-hydrogen) atoms. The number of hydrogen-bond donors (Lipinski definition) is 2. The standard InChI is InChI=1S/C12H16F2N2O3/c1-3-8(15)11(17)16-7-4-5-9(18-2)10(6-7)19-12(13)14/h4-6,8,12H,3,15H2,1-2H3,(H,16,17). The summed E-state index contributed by atoms with van der Waals surface area (Å²) in [6.07, 6.45) is 0.475. The fourth-order valence-corrected chi connectivity index (χ4v) is 1.36. The van der Waals surface area contributed by atoms with Crippen LogP contribution in [-0.4, -0.2) is 25.7 Å². The largest absolute Gasteiger partial charge is 0.493 e. The number of nitrogens with two attached hydrogens (primary N) is 1. The molecule has 0 spiro atoms. The smallest absolute Gasteiger partial charge is 0.387 e. The molecule has 0 bridgehead atoms. The molecule has 0 aromatic heterocycles. The highest BCUT2D eigenvalue weighted by Gasteiger charge is 2.14. The predicted octanol–water partition coefficient (Wildman–Crippen LogP) is 1.97. The van der Waals surface area contributed by atoms with Crippen LogP contribution in [0.3, 0.4) is 0 Å². The van der Waals surface area contributed by atoms with Crippen molar-refractivity contribution in [2.75, 3.05) is 12.4 Å². The minimum Gasteiger partial charge on any atom is -0.493 e. The summed E-state index contributed by atoms with van der Waals surface area (Å²) in [5, 5.41) is 2.51. The van der Waals surface area contributed by atoms with Crippen molar-refractivity contribution >= 4 is 11.6 Å². The zero-order chi connectivity index (χ0) is 14.4. The SMILES string of the molecule is CCC(N)C(=O)Nc1ccc(OC)c(OC(F)F)c1. The lowest BCUT2D eigenvalue weighted by atomic mass is 10.2. The number of nitrogens with one attached hydrogen (secondary N) is 1. The third-order valence-electron chi connectivity index (χ3n) is 2.42. The second-order valence-corrected chi connectivity index (χ2v) is 3.75. The summed E-state index contributed by atoms with van der Waals surface area (Å²) in [6.45, 7) is -1.21. The predicted molar refractivity (Wildman–Crippen MR) is 66.5 cm³/mol. The first-order chi connectivity index (χ1) is 8.97. The van der Waals surface area contributed by atoms with Crippen molar-refractivity contribution in [3.63, 3.8) is 0 Å². The molecule has 0 saturated heterocycles. The van der Waals surface area contributed by atoms with Crippen LogP contribution in [0, 0.1) is 0 Å². The van der Waals surface area contributed by atoms with Gasteiger partial charge in [-0.05, 0) is 18.6 Å². The molecule has 0 heterocycles. The fourth-order valence-electron chi connectivity index (χ4n) is 1.36. The highest BCUT2D eigenvalue weighted by Crippen LogP contribution is 2.31. The molecule has 0 aliphatic rings. The Balaban J connectivity index is 2.88. The summed E-state index contributed by atoms with van der Waals surface area (Å²) >= 11 is 0. The Hall–Kier alpha value is -1.89. The van der Waals surface area contributed by atoms with Crippen LogP contribution in [0.2, 0.25) is 0 Å². The van der Waals surface area contributed by atoms with E-state index >= 15 is 0 Å². The summed E-state index contributed by atoms with van der Waals surface area (Å²) < 4.78 is 33.6. The summed E-state index contributed by atoms with van der Waals surface area (Å²) in [7, 11) is 1.33. The first-order valence-electron chi connectivity index (χ1n) is 5.67. The van der Waals surface area contributed by atoms with Gasteiger partial charge in [0, 0.05) is 11.8 Å². The number of ether oxygens (including phenoxy) is 2. The van der Waals surface area contributed by atoms with E-state index in [4.69, 9.17) is 10.5 Å². The van der Waals surface area contributed by atoms with Crippen LogP contribution < -0.4 is 20.5 Å².